The third-order valence-corrected chi connectivity index (χ3v) is 4.08. The van der Waals surface area contributed by atoms with Crippen LogP contribution in [0.5, 0.6) is 0 Å². The molecular formula is C12H15N7O3. The van der Waals surface area contributed by atoms with Gasteiger partial charge in [-0.2, -0.15) is 10.4 Å². The van der Waals surface area contributed by atoms with E-state index in [2.05, 4.69) is 15.1 Å². The second-order valence-electron chi connectivity index (χ2n) is 5.38. The van der Waals surface area contributed by atoms with E-state index in [-0.39, 0.29) is 17.2 Å². The maximum absolute atomic E-state index is 10.3. The number of fused-ring (bicyclic) bond motifs is 1. The molecule has 10 heteroatoms. The molecule has 6 N–H and O–H groups in total. The fourth-order valence-corrected chi connectivity index (χ4v) is 2.77. The molecule has 4 atom stereocenters. The quantitative estimate of drug-likeness (QED) is 0.485. The summed E-state index contributed by atoms with van der Waals surface area (Å²) in [5, 5.41) is 33.3. The van der Waals surface area contributed by atoms with Crippen LogP contribution in [0.1, 0.15) is 12.6 Å². The summed E-state index contributed by atoms with van der Waals surface area (Å²) in [4.78, 5) is 7.90. The zero-order valence-corrected chi connectivity index (χ0v) is 11.7. The Kier molecular flexibility index (Phi) is 3.05. The highest BCUT2D eigenvalue weighted by molar-refractivity contribution is 5.59. The number of nitrogens with zero attached hydrogens (tertiary/aromatic N) is 5. The molecule has 22 heavy (non-hydrogen) atoms. The Bertz CT molecular complexity index is 768. The number of aliphatic hydroxyl groups excluding tert-OH is 2. The average molecular weight is 305 g/mol. The van der Waals surface area contributed by atoms with E-state index in [4.69, 9.17) is 16.2 Å². The summed E-state index contributed by atoms with van der Waals surface area (Å²) in [5.41, 5.74) is 9.10. The molecule has 116 valence electrons. The highest BCUT2D eigenvalue weighted by atomic mass is 16.5. The van der Waals surface area contributed by atoms with Gasteiger partial charge in [-0.25, -0.2) is 14.5 Å². The molecule has 0 aromatic carbocycles. The zero-order chi connectivity index (χ0) is 16.1. The minimum absolute atomic E-state index is 0.130. The fraction of sp³-hybridized carbons (Fsp3) is 0.500. The van der Waals surface area contributed by atoms with Gasteiger partial charge in [-0.15, -0.1) is 0 Å². The molecule has 3 rings (SSSR count). The normalized spacial score (nSPS) is 34.9. The lowest BCUT2D eigenvalue weighted by Crippen LogP contribution is -2.59. The van der Waals surface area contributed by atoms with Crippen LogP contribution in [0.15, 0.2) is 12.5 Å². The monoisotopic (exact) mass is 305 g/mol. The summed E-state index contributed by atoms with van der Waals surface area (Å²) in [7, 11) is 0. The summed E-state index contributed by atoms with van der Waals surface area (Å²) >= 11 is 0. The first-order valence-electron chi connectivity index (χ1n) is 6.50. The first-order valence-corrected chi connectivity index (χ1v) is 6.50. The Balaban J connectivity index is 2.27. The van der Waals surface area contributed by atoms with Crippen molar-refractivity contribution in [2.45, 2.75) is 30.3 Å². The van der Waals surface area contributed by atoms with Crippen molar-refractivity contribution >= 4 is 11.5 Å². The van der Waals surface area contributed by atoms with Crippen LogP contribution in [0.3, 0.4) is 0 Å². The number of aromatic nitrogens is 4. The number of anilines is 1. The number of nitrogens with two attached hydrogens (primary N) is 2. The summed E-state index contributed by atoms with van der Waals surface area (Å²) in [6, 6.07) is 2.00. The highest BCUT2D eigenvalue weighted by Crippen LogP contribution is 2.45. The van der Waals surface area contributed by atoms with Crippen LogP contribution in [0, 0.1) is 11.3 Å². The number of ether oxygens (including phenoxy) is 1. The van der Waals surface area contributed by atoms with Crippen molar-refractivity contribution in [1.29, 1.82) is 5.26 Å². The molecule has 0 bridgehead atoms. The Morgan fingerprint density at radius 1 is 1.55 bits per heavy atom. The molecule has 0 unspecified atom stereocenters. The van der Waals surface area contributed by atoms with Crippen LogP contribution in [-0.4, -0.2) is 54.1 Å². The van der Waals surface area contributed by atoms with Crippen molar-refractivity contribution in [2.75, 3.05) is 12.3 Å². The largest absolute Gasteiger partial charge is 0.394 e. The maximum Gasteiger partial charge on any atom is 0.218 e. The summed E-state index contributed by atoms with van der Waals surface area (Å²) < 4.78 is 6.91. The molecular weight excluding hydrogens is 290 g/mol. The molecule has 0 aliphatic carbocycles. The van der Waals surface area contributed by atoms with Gasteiger partial charge in [0.05, 0.1) is 18.3 Å². The SMILES string of the molecule is C[C@@]1(N)[C@H](O)[C@@H](CO)O[C@@]1(C#N)c1cnc2c(N)ncnn12. The Labute approximate surface area is 125 Å². The van der Waals surface area contributed by atoms with Gasteiger partial charge in [-0.3, -0.25) is 0 Å². The topological polar surface area (TPSA) is 169 Å². The molecule has 0 spiro atoms. The van der Waals surface area contributed by atoms with Gasteiger partial charge in [0, 0.05) is 0 Å². The van der Waals surface area contributed by atoms with E-state index >= 15 is 0 Å². The predicted molar refractivity (Wildman–Crippen MR) is 73.0 cm³/mol. The van der Waals surface area contributed by atoms with Crippen molar-refractivity contribution in [2.24, 2.45) is 5.73 Å². The van der Waals surface area contributed by atoms with E-state index in [1.54, 1.807) is 0 Å². The van der Waals surface area contributed by atoms with Crippen molar-refractivity contribution in [3.8, 4) is 6.07 Å². The molecule has 1 saturated heterocycles. The molecule has 10 nitrogen and oxygen atoms in total. The van der Waals surface area contributed by atoms with Gasteiger partial charge in [0.15, 0.2) is 11.5 Å². The van der Waals surface area contributed by atoms with Crippen LogP contribution in [-0.2, 0) is 10.3 Å². The van der Waals surface area contributed by atoms with Crippen LogP contribution in [0.4, 0.5) is 5.82 Å². The van der Waals surface area contributed by atoms with Gasteiger partial charge in [0.2, 0.25) is 5.60 Å². The summed E-state index contributed by atoms with van der Waals surface area (Å²) in [5.74, 6) is 0.130. The average Bonchev–Trinajstić information content (AvgIpc) is 3.01. The zero-order valence-electron chi connectivity index (χ0n) is 11.7. The molecule has 1 fully saturated rings. The molecule has 1 aliphatic rings. The summed E-state index contributed by atoms with van der Waals surface area (Å²) in [6.45, 7) is 0.992. The predicted octanol–water partition coefficient (Wildman–Crippen LogP) is -2.11. The van der Waals surface area contributed by atoms with Gasteiger partial charge < -0.3 is 26.4 Å². The minimum atomic E-state index is -1.75. The van der Waals surface area contributed by atoms with E-state index < -0.39 is 30.0 Å². The number of rotatable bonds is 2. The molecule has 1 aliphatic heterocycles. The van der Waals surface area contributed by atoms with Crippen molar-refractivity contribution < 1.29 is 14.9 Å². The lowest BCUT2D eigenvalue weighted by molar-refractivity contribution is -0.0561. The van der Waals surface area contributed by atoms with E-state index in [1.165, 1.54) is 24.0 Å². The smallest absolute Gasteiger partial charge is 0.218 e. The van der Waals surface area contributed by atoms with Gasteiger partial charge in [-0.05, 0) is 6.92 Å². The van der Waals surface area contributed by atoms with E-state index in [0.29, 0.717) is 0 Å². The molecule has 3 heterocycles. The summed E-state index contributed by atoms with van der Waals surface area (Å²) in [6.07, 6.45) is 0.309. The molecule has 0 radical (unpaired) electrons. The fourth-order valence-electron chi connectivity index (χ4n) is 2.77. The van der Waals surface area contributed by atoms with Crippen LogP contribution in [0.25, 0.3) is 5.65 Å². The standard InChI is InChI=1S/C12H15N7O3/c1-11(15)8(21)6(3-20)22-12(11,4-13)7-2-16-10-9(14)17-5-18-19(7)10/h2,5-6,8,20-21H,3,15H2,1H3,(H2,14,17,18)/t6-,8-,11-,12+/m1/s1. The van der Waals surface area contributed by atoms with Crippen LogP contribution < -0.4 is 11.5 Å². The lowest BCUT2D eigenvalue weighted by atomic mass is 9.78. The highest BCUT2D eigenvalue weighted by Gasteiger charge is 2.64. The number of hydrogen-bond donors (Lipinski definition) is 4. The van der Waals surface area contributed by atoms with Crippen molar-refractivity contribution in [3.63, 3.8) is 0 Å². The molecule has 2 aromatic rings. The Hall–Kier alpha value is -2.32. The molecule has 2 aromatic heterocycles. The number of aliphatic hydroxyl groups is 2. The van der Waals surface area contributed by atoms with Gasteiger partial charge in [0.25, 0.3) is 0 Å². The van der Waals surface area contributed by atoms with Gasteiger partial charge in [-0.1, -0.05) is 0 Å². The Morgan fingerprint density at radius 2 is 2.27 bits per heavy atom. The lowest BCUT2D eigenvalue weighted by Gasteiger charge is -2.33. The van der Waals surface area contributed by atoms with E-state index in [0.717, 1.165) is 0 Å². The van der Waals surface area contributed by atoms with Gasteiger partial charge >= 0.3 is 0 Å². The number of imidazole rings is 1. The number of hydrogen-bond acceptors (Lipinski definition) is 9. The van der Waals surface area contributed by atoms with E-state index in [9.17, 15) is 15.5 Å². The minimum Gasteiger partial charge on any atom is -0.394 e. The maximum atomic E-state index is 10.3. The third-order valence-electron chi connectivity index (χ3n) is 4.08. The van der Waals surface area contributed by atoms with Crippen molar-refractivity contribution in [3.05, 3.63) is 18.2 Å². The Morgan fingerprint density at radius 3 is 2.86 bits per heavy atom. The third kappa shape index (κ3) is 1.59. The number of nitriles is 1. The molecule has 0 amide bonds. The first-order chi connectivity index (χ1) is 10.4. The molecule has 0 saturated carbocycles. The second-order valence-corrected chi connectivity index (χ2v) is 5.38. The number of nitrogen functional groups attached to an aromatic ring is 1. The second kappa shape index (κ2) is 4.59. The van der Waals surface area contributed by atoms with Crippen LogP contribution >= 0.6 is 0 Å². The first kappa shape index (κ1) is 14.6. The van der Waals surface area contributed by atoms with Gasteiger partial charge in [0.1, 0.15) is 30.3 Å². The van der Waals surface area contributed by atoms with E-state index in [1.807, 2.05) is 6.07 Å². The van der Waals surface area contributed by atoms with Crippen LogP contribution in [0.2, 0.25) is 0 Å². The van der Waals surface area contributed by atoms with Crippen molar-refractivity contribution in [1.82, 2.24) is 19.6 Å².